The molecule has 33 heavy (non-hydrogen) atoms. The summed E-state index contributed by atoms with van der Waals surface area (Å²) in [4.78, 5) is 12.7. The van der Waals surface area contributed by atoms with Crippen LogP contribution in [0.15, 0.2) is 78.9 Å². The maximum atomic E-state index is 12.7. The molecule has 6 heteroatoms. The van der Waals surface area contributed by atoms with E-state index in [-0.39, 0.29) is 13.2 Å². The fourth-order valence-corrected chi connectivity index (χ4v) is 3.85. The van der Waals surface area contributed by atoms with E-state index in [0.29, 0.717) is 29.0 Å². The monoisotopic (exact) mass is 450 g/mol. The first-order chi connectivity index (χ1) is 16.1. The third-order valence-electron chi connectivity index (χ3n) is 5.47. The summed E-state index contributed by atoms with van der Waals surface area (Å²) in [6.45, 7) is 2.09. The lowest BCUT2D eigenvalue weighted by molar-refractivity contribution is -0.173. The van der Waals surface area contributed by atoms with Gasteiger partial charge in [-0.15, -0.1) is 0 Å². The minimum Gasteiger partial charge on any atom is -0.493 e. The number of aliphatic hydroxyl groups excluding tert-OH is 1. The van der Waals surface area contributed by atoms with Crippen LogP contribution in [0.4, 0.5) is 0 Å². The molecule has 3 rings (SSSR count). The van der Waals surface area contributed by atoms with Gasteiger partial charge in [-0.05, 0) is 42.2 Å². The van der Waals surface area contributed by atoms with Crippen LogP contribution in [0.25, 0.3) is 0 Å². The van der Waals surface area contributed by atoms with Crippen LogP contribution in [0, 0.1) is 0 Å². The molecule has 0 aliphatic rings. The van der Waals surface area contributed by atoms with Gasteiger partial charge in [-0.25, -0.2) is 4.79 Å². The quantitative estimate of drug-likeness (QED) is 0.443. The summed E-state index contributed by atoms with van der Waals surface area (Å²) in [5.74, 6) is 0.526. The molecule has 0 fully saturated rings. The van der Waals surface area contributed by atoms with E-state index in [2.05, 4.69) is 0 Å². The maximum absolute atomic E-state index is 12.7. The summed E-state index contributed by atoms with van der Waals surface area (Å²) in [6, 6.07) is 24.2. The second kappa shape index (κ2) is 11.5. The molecule has 1 unspecified atom stereocenters. The normalized spacial score (nSPS) is 12.1. The molecule has 0 saturated heterocycles. The SMILES string of the molecule is CCOC(=O)C(O)C(OCCc1ccc(OC)c(OC)c1)(c1ccccc1)c1ccccc1. The summed E-state index contributed by atoms with van der Waals surface area (Å²) < 4.78 is 22.3. The van der Waals surface area contributed by atoms with Gasteiger partial charge in [0.2, 0.25) is 0 Å². The zero-order valence-corrected chi connectivity index (χ0v) is 19.2. The molecule has 3 aromatic rings. The van der Waals surface area contributed by atoms with Crippen molar-refractivity contribution in [3.8, 4) is 11.5 Å². The minimum absolute atomic E-state index is 0.154. The average Bonchev–Trinajstić information content (AvgIpc) is 2.87. The van der Waals surface area contributed by atoms with Crippen molar-refractivity contribution < 1.29 is 28.8 Å². The first-order valence-corrected chi connectivity index (χ1v) is 10.9. The van der Waals surface area contributed by atoms with Gasteiger partial charge in [0.25, 0.3) is 0 Å². The summed E-state index contributed by atoms with van der Waals surface area (Å²) >= 11 is 0. The molecule has 0 aliphatic heterocycles. The van der Waals surface area contributed by atoms with Gasteiger partial charge in [0.15, 0.2) is 23.2 Å². The Morgan fingerprint density at radius 2 is 1.45 bits per heavy atom. The van der Waals surface area contributed by atoms with Crippen LogP contribution in [0.3, 0.4) is 0 Å². The van der Waals surface area contributed by atoms with E-state index < -0.39 is 17.7 Å². The van der Waals surface area contributed by atoms with Crippen molar-refractivity contribution in [1.82, 2.24) is 0 Å². The van der Waals surface area contributed by atoms with Crippen molar-refractivity contribution in [3.05, 3.63) is 95.6 Å². The van der Waals surface area contributed by atoms with Gasteiger partial charge in [0, 0.05) is 0 Å². The first kappa shape index (κ1) is 24.3. The second-order valence-electron chi connectivity index (χ2n) is 7.41. The Bertz CT molecular complexity index is 980. The number of ether oxygens (including phenoxy) is 4. The summed E-state index contributed by atoms with van der Waals surface area (Å²) in [6.07, 6.45) is -1.04. The van der Waals surface area contributed by atoms with Crippen LogP contribution in [-0.4, -0.2) is 44.6 Å². The zero-order valence-electron chi connectivity index (χ0n) is 19.2. The zero-order chi connectivity index (χ0) is 23.7. The van der Waals surface area contributed by atoms with Crippen molar-refractivity contribution >= 4 is 5.97 Å². The molecule has 1 atom stereocenters. The predicted molar refractivity (Wildman–Crippen MR) is 126 cm³/mol. The highest BCUT2D eigenvalue weighted by molar-refractivity contribution is 5.77. The van der Waals surface area contributed by atoms with Gasteiger partial charge in [-0.1, -0.05) is 66.7 Å². The Kier molecular flexibility index (Phi) is 8.46. The lowest BCUT2D eigenvalue weighted by Gasteiger charge is -2.38. The molecule has 0 aromatic heterocycles. The van der Waals surface area contributed by atoms with E-state index in [9.17, 15) is 9.90 Å². The van der Waals surface area contributed by atoms with Crippen LogP contribution in [0.2, 0.25) is 0 Å². The van der Waals surface area contributed by atoms with E-state index in [0.717, 1.165) is 5.56 Å². The topological polar surface area (TPSA) is 74.2 Å². The molecular formula is C27H30O6. The third kappa shape index (κ3) is 5.35. The molecule has 0 amide bonds. The number of hydrogen-bond acceptors (Lipinski definition) is 6. The van der Waals surface area contributed by atoms with E-state index in [1.54, 1.807) is 21.1 Å². The lowest BCUT2D eigenvalue weighted by atomic mass is 9.81. The van der Waals surface area contributed by atoms with Gasteiger partial charge in [0.05, 0.1) is 27.4 Å². The fourth-order valence-electron chi connectivity index (χ4n) is 3.85. The molecule has 0 aliphatic carbocycles. The number of benzene rings is 3. The summed E-state index contributed by atoms with van der Waals surface area (Å²) in [7, 11) is 3.18. The van der Waals surface area contributed by atoms with Crippen LogP contribution in [-0.2, 0) is 26.3 Å². The largest absolute Gasteiger partial charge is 0.493 e. The van der Waals surface area contributed by atoms with Gasteiger partial charge < -0.3 is 24.1 Å². The molecule has 3 aromatic carbocycles. The molecule has 0 heterocycles. The number of esters is 1. The van der Waals surface area contributed by atoms with Crippen LogP contribution < -0.4 is 9.47 Å². The van der Waals surface area contributed by atoms with Crippen molar-refractivity contribution in [1.29, 1.82) is 0 Å². The van der Waals surface area contributed by atoms with Gasteiger partial charge in [0.1, 0.15) is 0 Å². The molecular weight excluding hydrogens is 420 g/mol. The maximum Gasteiger partial charge on any atom is 0.338 e. The van der Waals surface area contributed by atoms with E-state index in [1.807, 2.05) is 78.9 Å². The van der Waals surface area contributed by atoms with Gasteiger partial charge >= 0.3 is 5.97 Å². The Morgan fingerprint density at radius 3 is 1.97 bits per heavy atom. The van der Waals surface area contributed by atoms with Crippen molar-refractivity contribution in [2.75, 3.05) is 27.4 Å². The number of rotatable bonds is 11. The van der Waals surface area contributed by atoms with E-state index >= 15 is 0 Å². The summed E-state index contributed by atoms with van der Waals surface area (Å²) in [5, 5.41) is 11.3. The predicted octanol–water partition coefficient (Wildman–Crippen LogP) is 4.13. The number of carbonyl (C=O) groups excluding carboxylic acids is 1. The van der Waals surface area contributed by atoms with Crippen molar-refractivity contribution in [2.45, 2.75) is 25.0 Å². The fraction of sp³-hybridized carbons (Fsp3) is 0.296. The molecule has 0 saturated carbocycles. The number of hydrogen-bond donors (Lipinski definition) is 1. The minimum atomic E-state index is -1.56. The number of aliphatic hydroxyl groups is 1. The van der Waals surface area contributed by atoms with Crippen LogP contribution >= 0.6 is 0 Å². The average molecular weight is 451 g/mol. The molecule has 0 bridgehead atoms. The second-order valence-corrected chi connectivity index (χ2v) is 7.41. The molecule has 0 radical (unpaired) electrons. The highest BCUT2D eigenvalue weighted by Crippen LogP contribution is 2.38. The summed E-state index contributed by atoms with van der Waals surface area (Å²) in [5.41, 5.74) is 0.840. The molecule has 1 N–H and O–H groups in total. The smallest absolute Gasteiger partial charge is 0.338 e. The highest BCUT2D eigenvalue weighted by atomic mass is 16.6. The molecule has 174 valence electrons. The Labute approximate surface area is 194 Å². The lowest BCUT2D eigenvalue weighted by Crippen LogP contribution is -2.48. The Balaban J connectivity index is 1.98. The standard InChI is InChI=1S/C27H30O6/c1-4-32-26(29)25(28)27(21-11-7-5-8-12-21,22-13-9-6-10-14-22)33-18-17-20-15-16-23(30-2)24(19-20)31-3/h5-16,19,25,28H,4,17-18H2,1-3H3. The van der Waals surface area contributed by atoms with Crippen LogP contribution in [0.1, 0.15) is 23.6 Å². The van der Waals surface area contributed by atoms with E-state index in [1.165, 1.54) is 0 Å². The van der Waals surface area contributed by atoms with E-state index in [4.69, 9.17) is 18.9 Å². The Hall–Kier alpha value is -3.35. The third-order valence-corrected chi connectivity index (χ3v) is 5.47. The number of carbonyl (C=O) groups is 1. The van der Waals surface area contributed by atoms with Crippen molar-refractivity contribution in [3.63, 3.8) is 0 Å². The molecule has 0 spiro atoms. The molecule has 6 nitrogen and oxygen atoms in total. The first-order valence-electron chi connectivity index (χ1n) is 10.9. The van der Waals surface area contributed by atoms with Gasteiger partial charge in [-0.2, -0.15) is 0 Å². The van der Waals surface area contributed by atoms with Crippen LogP contribution in [0.5, 0.6) is 11.5 Å². The van der Waals surface area contributed by atoms with Gasteiger partial charge in [-0.3, -0.25) is 0 Å². The Morgan fingerprint density at radius 1 is 0.879 bits per heavy atom. The number of methoxy groups -OCH3 is 2. The highest BCUT2D eigenvalue weighted by Gasteiger charge is 2.47. The van der Waals surface area contributed by atoms with Crippen molar-refractivity contribution in [2.24, 2.45) is 0 Å².